The molecule has 1 saturated heterocycles. The lowest BCUT2D eigenvalue weighted by molar-refractivity contribution is 0.0256. The van der Waals surface area contributed by atoms with E-state index in [1.807, 2.05) is 0 Å². The zero-order valence-corrected chi connectivity index (χ0v) is 12.8. The number of benzene rings is 1. The van der Waals surface area contributed by atoms with Gasteiger partial charge in [-0.05, 0) is 56.0 Å². The van der Waals surface area contributed by atoms with Gasteiger partial charge in [0.1, 0.15) is 5.82 Å². The largest absolute Gasteiger partial charge is 0.374 e. The quantitative estimate of drug-likeness (QED) is 0.844. The van der Waals surface area contributed by atoms with Gasteiger partial charge in [0.25, 0.3) is 0 Å². The molecular formula is C17H25FN2O. The molecule has 1 heterocycles. The van der Waals surface area contributed by atoms with E-state index in [1.54, 1.807) is 12.1 Å². The molecule has 1 aliphatic carbocycles. The van der Waals surface area contributed by atoms with Gasteiger partial charge < -0.3 is 15.0 Å². The van der Waals surface area contributed by atoms with E-state index in [0.717, 1.165) is 56.8 Å². The van der Waals surface area contributed by atoms with Gasteiger partial charge in [0.05, 0.1) is 18.8 Å². The Bertz CT molecular complexity index is 480. The summed E-state index contributed by atoms with van der Waals surface area (Å²) in [6.45, 7) is 5.46. The Labute approximate surface area is 126 Å². The normalized spacial score (nSPS) is 25.1. The lowest BCUT2D eigenvalue weighted by atomic mass is 10.1. The van der Waals surface area contributed by atoms with Crippen LogP contribution < -0.4 is 10.2 Å². The fourth-order valence-electron chi connectivity index (χ4n) is 3.56. The van der Waals surface area contributed by atoms with Crippen molar-refractivity contribution in [3.63, 3.8) is 0 Å². The van der Waals surface area contributed by atoms with Crippen molar-refractivity contribution in [3.05, 3.63) is 29.6 Å². The highest BCUT2D eigenvalue weighted by Crippen LogP contribution is 2.33. The number of hydrogen-bond acceptors (Lipinski definition) is 3. The molecule has 21 heavy (non-hydrogen) atoms. The highest BCUT2D eigenvalue weighted by atomic mass is 19.1. The van der Waals surface area contributed by atoms with Gasteiger partial charge in [-0.15, -0.1) is 0 Å². The lowest BCUT2D eigenvalue weighted by Crippen LogP contribution is -2.48. The van der Waals surface area contributed by atoms with Crippen LogP contribution in [0.2, 0.25) is 0 Å². The maximum Gasteiger partial charge on any atom is 0.125 e. The maximum atomic E-state index is 13.9. The summed E-state index contributed by atoms with van der Waals surface area (Å²) in [4.78, 5) is 2.35. The number of ether oxygens (including phenoxy) is 1. The van der Waals surface area contributed by atoms with E-state index in [4.69, 9.17) is 4.74 Å². The third kappa shape index (κ3) is 3.38. The number of rotatable bonds is 5. The van der Waals surface area contributed by atoms with Crippen LogP contribution in [0.4, 0.5) is 10.1 Å². The summed E-state index contributed by atoms with van der Waals surface area (Å²) in [7, 11) is 0. The smallest absolute Gasteiger partial charge is 0.125 e. The van der Waals surface area contributed by atoms with Crippen LogP contribution in [-0.2, 0) is 11.3 Å². The average molecular weight is 292 g/mol. The molecule has 116 valence electrons. The molecule has 1 aromatic carbocycles. The molecule has 3 rings (SSSR count). The monoisotopic (exact) mass is 292 g/mol. The molecule has 2 atom stereocenters. The SMILES string of the molecule is CCCNCc1cc(F)cc(N2CCOC3CCCC32)c1. The molecule has 0 bridgehead atoms. The zero-order chi connectivity index (χ0) is 14.7. The predicted octanol–water partition coefficient (Wildman–Crippen LogP) is 3.08. The molecule has 0 aromatic heterocycles. The van der Waals surface area contributed by atoms with E-state index in [1.165, 1.54) is 6.42 Å². The summed E-state index contributed by atoms with van der Waals surface area (Å²) < 4.78 is 19.8. The van der Waals surface area contributed by atoms with Gasteiger partial charge in [-0.2, -0.15) is 0 Å². The van der Waals surface area contributed by atoms with Crippen molar-refractivity contribution in [2.45, 2.75) is 51.3 Å². The van der Waals surface area contributed by atoms with Gasteiger partial charge >= 0.3 is 0 Å². The second-order valence-electron chi connectivity index (χ2n) is 6.10. The van der Waals surface area contributed by atoms with Gasteiger partial charge in [-0.3, -0.25) is 0 Å². The predicted molar refractivity (Wildman–Crippen MR) is 83.1 cm³/mol. The van der Waals surface area contributed by atoms with Crippen LogP contribution in [0.1, 0.15) is 38.2 Å². The number of nitrogens with one attached hydrogen (secondary N) is 1. The van der Waals surface area contributed by atoms with E-state index in [2.05, 4.69) is 23.2 Å². The fraction of sp³-hybridized carbons (Fsp3) is 0.647. The highest BCUT2D eigenvalue weighted by Gasteiger charge is 2.36. The molecule has 1 saturated carbocycles. The van der Waals surface area contributed by atoms with Crippen LogP contribution in [0.3, 0.4) is 0 Å². The van der Waals surface area contributed by atoms with E-state index in [-0.39, 0.29) is 5.82 Å². The van der Waals surface area contributed by atoms with Crippen LogP contribution in [-0.4, -0.2) is 31.8 Å². The van der Waals surface area contributed by atoms with Gasteiger partial charge in [0.15, 0.2) is 0 Å². The van der Waals surface area contributed by atoms with Crippen LogP contribution in [0.5, 0.6) is 0 Å². The van der Waals surface area contributed by atoms with Crippen molar-refractivity contribution < 1.29 is 9.13 Å². The molecule has 1 aliphatic heterocycles. The van der Waals surface area contributed by atoms with Gasteiger partial charge in [-0.1, -0.05) is 6.92 Å². The minimum Gasteiger partial charge on any atom is -0.374 e. The summed E-state index contributed by atoms with van der Waals surface area (Å²) in [6, 6.07) is 5.87. The average Bonchev–Trinajstić information content (AvgIpc) is 2.95. The zero-order valence-electron chi connectivity index (χ0n) is 12.8. The van der Waals surface area contributed by atoms with Crippen LogP contribution >= 0.6 is 0 Å². The molecule has 0 spiro atoms. The minimum absolute atomic E-state index is 0.137. The number of anilines is 1. The highest BCUT2D eigenvalue weighted by molar-refractivity contribution is 5.51. The number of nitrogens with zero attached hydrogens (tertiary/aromatic N) is 1. The fourth-order valence-corrected chi connectivity index (χ4v) is 3.56. The molecule has 4 heteroatoms. The molecule has 1 N–H and O–H groups in total. The number of halogens is 1. The molecule has 1 aromatic rings. The Balaban J connectivity index is 1.77. The molecule has 0 amide bonds. The second-order valence-corrected chi connectivity index (χ2v) is 6.10. The summed E-state index contributed by atoms with van der Waals surface area (Å²) in [5.74, 6) is -0.137. The number of morpholine rings is 1. The van der Waals surface area contributed by atoms with Gasteiger partial charge in [0.2, 0.25) is 0 Å². The maximum absolute atomic E-state index is 13.9. The summed E-state index contributed by atoms with van der Waals surface area (Å²) in [5.41, 5.74) is 2.04. The minimum atomic E-state index is -0.137. The summed E-state index contributed by atoms with van der Waals surface area (Å²) in [5, 5.41) is 3.35. The van der Waals surface area contributed by atoms with E-state index in [0.29, 0.717) is 12.1 Å². The third-order valence-electron chi connectivity index (χ3n) is 4.51. The van der Waals surface area contributed by atoms with Crippen LogP contribution in [0, 0.1) is 5.82 Å². The molecule has 2 unspecified atom stereocenters. The summed E-state index contributed by atoms with van der Waals surface area (Å²) >= 11 is 0. The first kappa shape index (κ1) is 14.8. The van der Waals surface area contributed by atoms with Crippen molar-refractivity contribution in [1.82, 2.24) is 5.32 Å². The Kier molecular flexibility index (Phi) is 4.76. The van der Waals surface area contributed by atoms with Crippen LogP contribution in [0.25, 0.3) is 0 Å². The van der Waals surface area contributed by atoms with E-state index >= 15 is 0 Å². The molecule has 2 fully saturated rings. The van der Waals surface area contributed by atoms with Crippen molar-refractivity contribution in [1.29, 1.82) is 0 Å². The van der Waals surface area contributed by atoms with Gasteiger partial charge in [0, 0.05) is 18.8 Å². The van der Waals surface area contributed by atoms with Crippen molar-refractivity contribution in [2.24, 2.45) is 0 Å². The third-order valence-corrected chi connectivity index (χ3v) is 4.51. The number of fused-ring (bicyclic) bond motifs is 1. The summed E-state index contributed by atoms with van der Waals surface area (Å²) in [6.07, 6.45) is 4.94. The van der Waals surface area contributed by atoms with Crippen molar-refractivity contribution in [2.75, 3.05) is 24.6 Å². The Hall–Kier alpha value is -1.13. The van der Waals surface area contributed by atoms with Crippen molar-refractivity contribution in [3.8, 4) is 0 Å². The second kappa shape index (κ2) is 6.75. The molecule has 2 aliphatic rings. The first-order valence-electron chi connectivity index (χ1n) is 8.16. The van der Waals surface area contributed by atoms with E-state index < -0.39 is 0 Å². The standard InChI is InChI=1S/C17H25FN2O/c1-2-6-19-12-13-9-14(18)11-15(10-13)20-7-8-21-17-5-3-4-16(17)20/h9-11,16-17,19H,2-8,12H2,1H3. The topological polar surface area (TPSA) is 24.5 Å². The molecular weight excluding hydrogens is 267 g/mol. The lowest BCUT2D eigenvalue weighted by Gasteiger charge is -2.39. The van der Waals surface area contributed by atoms with Crippen molar-refractivity contribution >= 4 is 5.69 Å². The van der Waals surface area contributed by atoms with Gasteiger partial charge in [-0.25, -0.2) is 4.39 Å². The Morgan fingerprint density at radius 3 is 3.10 bits per heavy atom. The van der Waals surface area contributed by atoms with Crippen LogP contribution in [0.15, 0.2) is 18.2 Å². The molecule has 0 radical (unpaired) electrons. The Morgan fingerprint density at radius 1 is 1.33 bits per heavy atom. The van der Waals surface area contributed by atoms with E-state index in [9.17, 15) is 4.39 Å². The number of hydrogen-bond donors (Lipinski definition) is 1. The first-order valence-corrected chi connectivity index (χ1v) is 8.16. The Morgan fingerprint density at radius 2 is 2.24 bits per heavy atom. The molecule has 3 nitrogen and oxygen atoms in total. The first-order chi connectivity index (χ1) is 10.3.